The lowest BCUT2D eigenvalue weighted by Gasteiger charge is -2.15. The van der Waals surface area contributed by atoms with E-state index in [0.29, 0.717) is 12.2 Å². The summed E-state index contributed by atoms with van der Waals surface area (Å²) in [7, 11) is 0. The second-order valence-electron chi connectivity index (χ2n) is 3.21. The summed E-state index contributed by atoms with van der Waals surface area (Å²) >= 11 is 6.71. The van der Waals surface area contributed by atoms with Crippen LogP contribution in [-0.4, -0.2) is 18.2 Å². The van der Waals surface area contributed by atoms with Gasteiger partial charge >= 0.3 is 0 Å². The lowest BCUT2D eigenvalue weighted by Crippen LogP contribution is -2.21. The highest BCUT2D eigenvalue weighted by Crippen LogP contribution is 2.31. The molecule has 0 aliphatic heterocycles. The molecular weight excluding hydrogens is 324 g/mol. The Morgan fingerprint density at radius 2 is 2.13 bits per heavy atom. The van der Waals surface area contributed by atoms with Gasteiger partial charge in [0.05, 0.1) is 11.8 Å². The van der Waals surface area contributed by atoms with Gasteiger partial charge in [0, 0.05) is 21.1 Å². The van der Waals surface area contributed by atoms with E-state index in [1.165, 1.54) is 0 Å². The van der Waals surface area contributed by atoms with Crippen LogP contribution in [0.2, 0.25) is 0 Å². The average molecular weight is 338 g/mol. The molecule has 0 saturated heterocycles. The quantitative estimate of drug-likeness (QED) is 0.739. The summed E-state index contributed by atoms with van der Waals surface area (Å²) in [5.41, 5.74) is 7.19. The number of anilines is 1. The molecule has 0 amide bonds. The maximum absolute atomic E-state index is 9.90. The van der Waals surface area contributed by atoms with E-state index < -0.39 is 6.10 Å². The highest BCUT2D eigenvalue weighted by molar-refractivity contribution is 9.11. The largest absolute Gasteiger partial charge is 0.398 e. The first kappa shape index (κ1) is 13.0. The van der Waals surface area contributed by atoms with Crippen molar-refractivity contribution < 1.29 is 5.11 Å². The van der Waals surface area contributed by atoms with Crippen LogP contribution < -0.4 is 11.1 Å². The van der Waals surface area contributed by atoms with E-state index in [4.69, 9.17) is 5.73 Å². The normalized spacial score (nSPS) is 12.8. The summed E-state index contributed by atoms with van der Waals surface area (Å²) in [6, 6.07) is 3.70. The van der Waals surface area contributed by atoms with Gasteiger partial charge < -0.3 is 16.2 Å². The van der Waals surface area contributed by atoms with Gasteiger partial charge in [-0.15, -0.1) is 0 Å². The monoisotopic (exact) mass is 336 g/mol. The topological polar surface area (TPSA) is 58.3 Å². The SMILES string of the molecule is CCNCC(O)c1cc(Br)cc(Br)c1N. The number of likely N-dealkylation sites (N-methyl/N-ethyl adjacent to an activating group) is 1. The van der Waals surface area contributed by atoms with Crippen molar-refractivity contribution in [2.75, 3.05) is 18.8 Å². The van der Waals surface area contributed by atoms with Crippen LogP contribution in [0.15, 0.2) is 21.1 Å². The van der Waals surface area contributed by atoms with Crippen molar-refractivity contribution in [2.45, 2.75) is 13.0 Å². The van der Waals surface area contributed by atoms with Gasteiger partial charge in [-0.1, -0.05) is 22.9 Å². The summed E-state index contributed by atoms with van der Waals surface area (Å²) in [4.78, 5) is 0. The van der Waals surface area contributed by atoms with Gasteiger partial charge in [-0.2, -0.15) is 0 Å². The second kappa shape index (κ2) is 5.84. The van der Waals surface area contributed by atoms with E-state index in [0.717, 1.165) is 21.1 Å². The molecule has 1 rings (SSSR count). The summed E-state index contributed by atoms with van der Waals surface area (Å²) in [5, 5.41) is 13.0. The minimum atomic E-state index is -0.584. The van der Waals surface area contributed by atoms with E-state index in [1.807, 2.05) is 19.1 Å². The molecule has 1 atom stereocenters. The Bertz CT molecular complexity index is 344. The van der Waals surface area contributed by atoms with Crippen molar-refractivity contribution >= 4 is 37.5 Å². The van der Waals surface area contributed by atoms with Gasteiger partial charge in [-0.05, 0) is 34.6 Å². The number of hydrogen-bond donors (Lipinski definition) is 3. The molecule has 0 aliphatic carbocycles. The van der Waals surface area contributed by atoms with Crippen LogP contribution in [0.3, 0.4) is 0 Å². The Morgan fingerprint density at radius 1 is 1.47 bits per heavy atom. The summed E-state index contributed by atoms with van der Waals surface area (Å²) < 4.78 is 1.69. The molecule has 1 aromatic rings. The first-order valence-electron chi connectivity index (χ1n) is 4.69. The van der Waals surface area contributed by atoms with Crippen LogP contribution in [0, 0.1) is 0 Å². The first-order chi connectivity index (χ1) is 7.06. The van der Waals surface area contributed by atoms with Crippen molar-refractivity contribution in [3.8, 4) is 0 Å². The number of nitrogen functional groups attached to an aromatic ring is 1. The Labute approximate surface area is 106 Å². The van der Waals surface area contributed by atoms with Crippen LogP contribution >= 0.6 is 31.9 Å². The first-order valence-corrected chi connectivity index (χ1v) is 6.28. The zero-order valence-corrected chi connectivity index (χ0v) is 11.6. The predicted octanol–water partition coefficient (Wildman–Crippen LogP) is 2.44. The highest BCUT2D eigenvalue weighted by Gasteiger charge is 2.13. The molecule has 84 valence electrons. The van der Waals surface area contributed by atoms with Crippen LogP contribution in [0.1, 0.15) is 18.6 Å². The summed E-state index contributed by atoms with van der Waals surface area (Å²) in [6.07, 6.45) is -0.584. The molecule has 0 fully saturated rings. The molecule has 1 aromatic carbocycles. The van der Waals surface area contributed by atoms with Gasteiger partial charge in [0.2, 0.25) is 0 Å². The molecule has 3 nitrogen and oxygen atoms in total. The fourth-order valence-electron chi connectivity index (χ4n) is 1.27. The Balaban J connectivity index is 2.92. The molecule has 0 aliphatic rings. The average Bonchev–Trinajstić information content (AvgIpc) is 2.19. The smallest absolute Gasteiger partial charge is 0.0934 e. The minimum absolute atomic E-state index is 0.504. The molecule has 0 spiro atoms. The van der Waals surface area contributed by atoms with Crippen LogP contribution in [0.25, 0.3) is 0 Å². The highest BCUT2D eigenvalue weighted by atomic mass is 79.9. The van der Waals surface area contributed by atoms with Crippen LogP contribution in [0.4, 0.5) is 5.69 Å². The van der Waals surface area contributed by atoms with Crippen molar-refractivity contribution in [2.24, 2.45) is 0 Å². The number of nitrogens with two attached hydrogens (primary N) is 1. The molecule has 15 heavy (non-hydrogen) atoms. The van der Waals surface area contributed by atoms with E-state index in [-0.39, 0.29) is 0 Å². The maximum atomic E-state index is 9.90. The second-order valence-corrected chi connectivity index (χ2v) is 4.98. The van der Waals surface area contributed by atoms with Gasteiger partial charge in [-0.3, -0.25) is 0 Å². The lowest BCUT2D eigenvalue weighted by atomic mass is 10.1. The molecule has 4 N–H and O–H groups in total. The Morgan fingerprint density at radius 3 is 2.73 bits per heavy atom. The Kier molecular flexibility index (Phi) is 5.05. The standard InChI is InChI=1S/C10H14Br2N2O/c1-2-14-5-9(15)7-3-6(11)4-8(12)10(7)13/h3-4,9,14-15H,2,5,13H2,1H3. The van der Waals surface area contributed by atoms with E-state index in [1.54, 1.807) is 0 Å². The third-order valence-corrected chi connectivity index (χ3v) is 3.19. The molecule has 0 bridgehead atoms. The van der Waals surface area contributed by atoms with Gasteiger partial charge in [-0.25, -0.2) is 0 Å². The fourth-order valence-corrected chi connectivity index (χ4v) is 2.53. The molecular formula is C10H14Br2N2O. The van der Waals surface area contributed by atoms with Crippen molar-refractivity contribution in [1.82, 2.24) is 5.32 Å². The van der Waals surface area contributed by atoms with E-state index in [2.05, 4.69) is 37.2 Å². The van der Waals surface area contributed by atoms with Gasteiger partial charge in [0.1, 0.15) is 0 Å². The maximum Gasteiger partial charge on any atom is 0.0934 e. The summed E-state index contributed by atoms with van der Waals surface area (Å²) in [5.74, 6) is 0. The number of halogens is 2. The number of rotatable bonds is 4. The Hall–Kier alpha value is -0.100. The molecule has 0 aromatic heterocycles. The molecule has 5 heteroatoms. The van der Waals surface area contributed by atoms with Crippen LogP contribution in [-0.2, 0) is 0 Å². The zero-order valence-electron chi connectivity index (χ0n) is 8.43. The van der Waals surface area contributed by atoms with Crippen molar-refractivity contribution in [1.29, 1.82) is 0 Å². The number of benzene rings is 1. The van der Waals surface area contributed by atoms with Crippen molar-refractivity contribution in [3.05, 3.63) is 26.6 Å². The minimum Gasteiger partial charge on any atom is -0.398 e. The third kappa shape index (κ3) is 3.45. The third-order valence-electron chi connectivity index (χ3n) is 2.07. The van der Waals surface area contributed by atoms with Crippen LogP contribution in [0.5, 0.6) is 0 Å². The molecule has 0 radical (unpaired) electrons. The number of hydrogen-bond acceptors (Lipinski definition) is 3. The predicted molar refractivity (Wildman–Crippen MR) is 69.8 cm³/mol. The number of aliphatic hydroxyl groups excluding tert-OH is 1. The number of nitrogens with one attached hydrogen (secondary N) is 1. The number of aliphatic hydroxyl groups is 1. The van der Waals surface area contributed by atoms with Gasteiger partial charge in [0.15, 0.2) is 0 Å². The van der Waals surface area contributed by atoms with Gasteiger partial charge in [0.25, 0.3) is 0 Å². The fraction of sp³-hybridized carbons (Fsp3) is 0.400. The molecule has 0 heterocycles. The van der Waals surface area contributed by atoms with E-state index in [9.17, 15) is 5.11 Å². The molecule has 1 unspecified atom stereocenters. The van der Waals surface area contributed by atoms with Crippen molar-refractivity contribution in [3.63, 3.8) is 0 Å². The lowest BCUT2D eigenvalue weighted by molar-refractivity contribution is 0.176. The summed E-state index contributed by atoms with van der Waals surface area (Å²) in [6.45, 7) is 3.32. The van der Waals surface area contributed by atoms with E-state index >= 15 is 0 Å². The zero-order chi connectivity index (χ0) is 11.4. The molecule has 0 saturated carbocycles.